The zero-order valence-corrected chi connectivity index (χ0v) is 11.6. The fourth-order valence-corrected chi connectivity index (χ4v) is 1.91. The summed E-state index contributed by atoms with van der Waals surface area (Å²) in [5.74, 6) is -1.13. The van der Waals surface area contributed by atoms with Gasteiger partial charge >= 0.3 is 0 Å². The van der Waals surface area contributed by atoms with Crippen molar-refractivity contribution in [3.05, 3.63) is 11.5 Å². The monoisotopic (exact) mass is 272 g/mol. The Labute approximate surface area is 112 Å². The summed E-state index contributed by atoms with van der Waals surface area (Å²) < 4.78 is 10.8. The fraction of sp³-hybridized carbons (Fsp3) is 0.667. The van der Waals surface area contributed by atoms with Crippen molar-refractivity contribution in [2.24, 2.45) is 0 Å². The number of likely N-dealkylation sites (N-methyl/N-ethyl adjacent to an activating group) is 1. The second-order valence-electron chi connectivity index (χ2n) is 4.08. The summed E-state index contributed by atoms with van der Waals surface area (Å²) in [4.78, 5) is 24.3. The minimum atomic E-state index is -0.768. The van der Waals surface area contributed by atoms with Gasteiger partial charge in [-0.3, -0.25) is 9.59 Å². The van der Waals surface area contributed by atoms with Gasteiger partial charge in [0.15, 0.2) is 6.29 Å². The molecule has 19 heavy (non-hydrogen) atoms. The third-order valence-corrected chi connectivity index (χ3v) is 2.71. The molecule has 1 aliphatic rings. The third-order valence-electron chi connectivity index (χ3n) is 2.71. The molecule has 0 spiro atoms. The number of amides is 2. The van der Waals surface area contributed by atoms with Crippen molar-refractivity contribution in [2.45, 2.75) is 33.1 Å². The number of hydrogen-bond donors (Lipinski definition) is 2. The highest BCUT2D eigenvalue weighted by Crippen LogP contribution is 2.25. The van der Waals surface area contributed by atoms with E-state index < -0.39 is 24.1 Å². The molecule has 0 bridgehead atoms. The van der Waals surface area contributed by atoms with Gasteiger partial charge in [0.2, 0.25) is 5.91 Å². The Hall–Kier alpha value is -1.60. The number of nitrogens with one attached hydrogen (secondary N) is 1. The Morgan fingerprint density at radius 1 is 1.42 bits per heavy atom. The summed E-state index contributed by atoms with van der Waals surface area (Å²) in [6.07, 6.45) is -0.768. The van der Waals surface area contributed by atoms with Crippen LogP contribution in [0.2, 0.25) is 0 Å². The quantitative estimate of drug-likeness (QED) is 0.671. The Morgan fingerprint density at radius 3 is 2.37 bits per heavy atom. The molecule has 0 aromatic rings. The minimum absolute atomic E-state index is 0.121. The molecule has 1 rings (SSSR count). The van der Waals surface area contributed by atoms with E-state index in [1.165, 1.54) is 18.9 Å². The first kappa shape index (κ1) is 15.5. The van der Waals surface area contributed by atoms with E-state index in [1.807, 2.05) is 0 Å². The maximum absolute atomic E-state index is 12.0. The predicted octanol–water partition coefficient (Wildman–Crippen LogP) is 0.132. The first-order valence-corrected chi connectivity index (χ1v) is 6.15. The Kier molecular flexibility index (Phi) is 5.31. The van der Waals surface area contributed by atoms with Crippen LogP contribution in [0.4, 0.5) is 0 Å². The minimum Gasteiger partial charge on any atom is -0.508 e. The number of carbonyl (C=O) groups is 2. The highest BCUT2D eigenvalue weighted by Gasteiger charge is 2.43. The molecular weight excluding hydrogens is 252 g/mol. The van der Waals surface area contributed by atoms with E-state index in [0.29, 0.717) is 13.2 Å². The average molecular weight is 272 g/mol. The van der Waals surface area contributed by atoms with E-state index in [4.69, 9.17) is 9.47 Å². The maximum Gasteiger partial charge on any atom is 0.274 e. The van der Waals surface area contributed by atoms with Crippen LogP contribution in [0.15, 0.2) is 11.5 Å². The predicted molar refractivity (Wildman–Crippen MR) is 67.1 cm³/mol. The van der Waals surface area contributed by atoms with Gasteiger partial charge in [0, 0.05) is 27.2 Å². The molecule has 2 N–H and O–H groups in total. The van der Waals surface area contributed by atoms with Crippen LogP contribution in [0.1, 0.15) is 20.8 Å². The smallest absolute Gasteiger partial charge is 0.274 e. The number of ether oxygens (including phenoxy) is 2. The Bertz CT molecular complexity index is 388. The van der Waals surface area contributed by atoms with Crippen LogP contribution in [0.25, 0.3) is 0 Å². The van der Waals surface area contributed by atoms with E-state index >= 15 is 0 Å². The van der Waals surface area contributed by atoms with Gasteiger partial charge in [-0.15, -0.1) is 0 Å². The van der Waals surface area contributed by atoms with Gasteiger partial charge < -0.3 is 24.8 Å². The molecule has 1 aliphatic heterocycles. The topological polar surface area (TPSA) is 88.1 Å². The molecule has 7 heteroatoms. The highest BCUT2D eigenvalue weighted by atomic mass is 16.7. The molecule has 0 aromatic heterocycles. The standard InChI is InChI=1S/C12H20N2O5/c1-5-18-12(19-6-2)9-10(16)8(13-7(3)15)11(17)14(9)4/h9,12,16H,5-6H2,1-4H3,(H,13,15). The lowest BCUT2D eigenvalue weighted by molar-refractivity contribution is -0.170. The Morgan fingerprint density at radius 2 is 1.95 bits per heavy atom. The molecular formula is C12H20N2O5. The molecule has 0 radical (unpaired) electrons. The van der Waals surface area contributed by atoms with Crippen LogP contribution < -0.4 is 5.32 Å². The van der Waals surface area contributed by atoms with E-state index in [1.54, 1.807) is 13.8 Å². The van der Waals surface area contributed by atoms with Crippen molar-refractivity contribution in [2.75, 3.05) is 20.3 Å². The van der Waals surface area contributed by atoms with Crippen LogP contribution >= 0.6 is 0 Å². The summed E-state index contributed by atoms with van der Waals surface area (Å²) in [7, 11) is 1.52. The number of rotatable bonds is 6. The summed E-state index contributed by atoms with van der Waals surface area (Å²) in [6.45, 7) is 5.61. The summed E-state index contributed by atoms with van der Waals surface area (Å²) >= 11 is 0. The second-order valence-corrected chi connectivity index (χ2v) is 4.08. The van der Waals surface area contributed by atoms with Gasteiger partial charge in [0.25, 0.3) is 5.91 Å². The molecule has 0 aromatic carbocycles. The van der Waals surface area contributed by atoms with Crippen molar-refractivity contribution in [1.82, 2.24) is 10.2 Å². The van der Waals surface area contributed by atoms with Crippen LogP contribution in [-0.2, 0) is 19.1 Å². The van der Waals surface area contributed by atoms with Crippen LogP contribution in [-0.4, -0.2) is 54.4 Å². The van der Waals surface area contributed by atoms with Crippen molar-refractivity contribution in [3.8, 4) is 0 Å². The zero-order chi connectivity index (χ0) is 14.6. The molecule has 0 aliphatic carbocycles. The number of hydrogen-bond acceptors (Lipinski definition) is 5. The lowest BCUT2D eigenvalue weighted by atomic mass is 10.2. The molecule has 0 fully saturated rings. The number of aliphatic hydroxyl groups is 1. The van der Waals surface area contributed by atoms with E-state index in [-0.39, 0.29) is 11.5 Å². The summed E-state index contributed by atoms with van der Waals surface area (Å²) in [5.41, 5.74) is -0.121. The van der Waals surface area contributed by atoms with Crippen molar-refractivity contribution >= 4 is 11.8 Å². The van der Waals surface area contributed by atoms with E-state index in [0.717, 1.165) is 0 Å². The van der Waals surface area contributed by atoms with Crippen molar-refractivity contribution in [3.63, 3.8) is 0 Å². The number of nitrogens with zero attached hydrogens (tertiary/aromatic N) is 1. The van der Waals surface area contributed by atoms with Gasteiger partial charge in [-0.05, 0) is 13.8 Å². The number of aliphatic hydroxyl groups excluding tert-OH is 1. The maximum atomic E-state index is 12.0. The molecule has 2 amide bonds. The van der Waals surface area contributed by atoms with Crippen LogP contribution in [0, 0.1) is 0 Å². The molecule has 0 saturated heterocycles. The van der Waals surface area contributed by atoms with E-state index in [9.17, 15) is 14.7 Å². The van der Waals surface area contributed by atoms with Crippen LogP contribution in [0.3, 0.4) is 0 Å². The molecule has 108 valence electrons. The molecule has 7 nitrogen and oxygen atoms in total. The fourth-order valence-electron chi connectivity index (χ4n) is 1.91. The molecule has 1 unspecified atom stereocenters. The van der Waals surface area contributed by atoms with Crippen molar-refractivity contribution < 1.29 is 24.2 Å². The van der Waals surface area contributed by atoms with Gasteiger partial charge in [0.05, 0.1) is 0 Å². The van der Waals surface area contributed by atoms with Gasteiger partial charge in [-0.1, -0.05) is 0 Å². The second kappa shape index (κ2) is 6.53. The lowest BCUT2D eigenvalue weighted by Gasteiger charge is -2.28. The first-order chi connectivity index (χ1) is 8.93. The van der Waals surface area contributed by atoms with Gasteiger partial charge in [-0.25, -0.2) is 0 Å². The van der Waals surface area contributed by atoms with Gasteiger partial charge in [0.1, 0.15) is 17.5 Å². The summed E-state index contributed by atoms with van der Waals surface area (Å²) in [6, 6.07) is -0.755. The third kappa shape index (κ3) is 3.24. The SMILES string of the molecule is CCOC(OCC)C1C(O)=C(NC(C)=O)C(=O)N1C. The normalized spacial score (nSPS) is 19.5. The largest absolute Gasteiger partial charge is 0.508 e. The Balaban J connectivity index is 3.01. The molecule has 0 saturated carbocycles. The molecule has 1 atom stereocenters. The molecule has 1 heterocycles. The zero-order valence-electron chi connectivity index (χ0n) is 11.6. The number of carbonyl (C=O) groups excluding carboxylic acids is 2. The van der Waals surface area contributed by atoms with E-state index in [2.05, 4.69) is 5.32 Å². The average Bonchev–Trinajstić information content (AvgIpc) is 2.53. The van der Waals surface area contributed by atoms with Crippen molar-refractivity contribution in [1.29, 1.82) is 0 Å². The lowest BCUT2D eigenvalue weighted by Crippen LogP contribution is -2.44. The van der Waals surface area contributed by atoms with Crippen LogP contribution in [0.5, 0.6) is 0 Å². The first-order valence-electron chi connectivity index (χ1n) is 6.15. The summed E-state index contributed by atoms with van der Waals surface area (Å²) in [5, 5.41) is 12.4. The highest BCUT2D eigenvalue weighted by molar-refractivity contribution is 6.00. The van der Waals surface area contributed by atoms with Gasteiger partial charge in [-0.2, -0.15) is 0 Å².